The van der Waals surface area contributed by atoms with Crippen molar-refractivity contribution in [3.8, 4) is 0 Å². The Bertz CT molecular complexity index is 889. The molecule has 1 heterocycles. The molecule has 2 aromatic rings. The molecule has 1 aliphatic heterocycles. The zero-order chi connectivity index (χ0) is 18.1. The number of allylic oxidation sites excluding steroid dienone is 1. The summed E-state index contributed by atoms with van der Waals surface area (Å²) < 4.78 is 6.14. The second-order valence-electron chi connectivity index (χ2n) is 6.80. The van der Waals surface area contributed by atoms with Gasteiger partial charge in [0.2, 0.25) is 0 Å². The molecule has 0 amide bonds. The van der Waals surface area contributed by atoms with Crippen LogP contribution in [0.25, 0.3) is 6.08 Å². The Hall–Kier alpha value is -1.80. The monoisotopic (exact) mass is 382 g/mol. The van der Waals surface area contributed by atoms with Gasteiger partial charge in [-0.1, -0.05) is 60.1 Å². The van der Waals surface area contributed by atoms with Gasteiger partial charge in [0.15, 0.2) is 0 Å². The van der Waals surface area contributed by atoms with Gasteiger partial charge in [-0.3, -0.25) is 0 Å². The van der Waals surface area contributed by atoms with Crippen LogP contribution in [0, 0.1) is 0 Å². The van der Waals surface area contributed by atoms with Crippen molar-refractivity contribution in [1.82, 2.24) is 0 Å². The molecule has 1 unspecified atom stereocenters. The smallest absolute Gasteiger partial charge is 0.105 e. The Morgan fingerprint density at radius 1 is 0.923 bits per heavy atom. The minimum atomic E-state index is 0.0221. The maximum absolute atomic E-state index is 6.14. The average molecular weight is 383 g/mol. The molecule has 0 radical (unpaired) electrons. The highest BCUT2D eigenvalue weighted by molar-refractivity contribution is 6.30. The lowest BCUT2D eigenvalue weighted by atomic mass is 9.93. The van der Waals surface area contributed by atoms with E-state index in [2.05, 4.69) is 24.8 Å². The van der Waals surface area contributed by atoms with Crippen molar-refractivity contribution in [2.75, 3.05) is 6.61 Å². The van der Waals surface area contributed by atoms with E-state index in [-0.39, 0.29) is 6.10 Å². The van der Waals surface area contributed by atoms with E-state index >= 15 is 0 Å². The molecular weight excluding hydrogens is 363 g/mol. The topological polar surface area (TPSA) is 9.23 Å². The van der Waals surface area contributed by atoms with Gasteiger partial charge in [-0.05, 0) is 76.9 Å². The summed E-state index contributed by atoms with van der Waals surface area (Å²) in [5.41, 5.74) is 7.36. The van der Waals surface area contributed by atoms with E-state index in [1.54, 1.807) is 0 Å². The minimum Gasteiger partial charge on any atom is -0.364 e. The third-order valence-corrected chi connectivity index (χ3v) is 5.63. The van der Waals surface area contributed by atoms with Crippen LogP contribution in [0.5, 0.6) is 0 Å². The van der Waals surface area contributed by atoms with Crippen molar-refractivity contribution < 1.29 is 4.74 Å². The van der Waals surface area contributed by atoms with Crippen molar-refractivity contribution >= 4 is 29.3 Å². The van der Waals surface area contributed by atoms with Crippen LogP contribution >= 0.6 is 23.2 Å². The number of hydrogen-bond donors (Lipinski definition) is 0. The maximum Gasteiger partial charge on any atom is 0.105 e. The summed E-state index contributed by atoms with van der Waals surface area (Å²) >= 11 is 12.0. The summed E-state index contributed by atoms with van der Waals surface area (Å²) in [6, 6.07) is 15.9. The molecule has 3 heteroatoms. The van der Waals surface area contributed by atoms with E-state index in [4.69, 9.17) is 27.9 Å². The Morgan fingerprint density at radius 2 is 1.58 bits per heavy atom. The van der Waals surface area contributed by atoms with Gasteiger partial charge in [-0.15, -0.1) is 0 Å². The lowest BCUT2D eigenvalue weighted by molar-refractivity contribution is 0.119. The van der Waals surface area contributed by atoms with E-state index in [9.17, 15) is 0 Å². The molecule has 4 rings (SSSR count). The molecule has 132 valence electrons. The summed E-state index contributed by atoms with van der Waals surface area (Å²) in [4.78, 5) is 0. The molecule has 1 nitrogen and oxygen atoms in total. The zero-order valence-corrected chi connectivity index (χ0v) is 16.0. The minimum absolute atomic E-state index is 0.0221. The van der Waals surface area contributed by atoms with Crippen LogP contribution in [0.2, 0.25) is 10.0 Å². The van der Waals surface area contributed by atoms with E-state index < -0.39 is 0 Å². The quantitative estimate of drug-likeness (QED) is 0.533. The van der Waals surface area contributed by atoms with E-state index in [0.29, 0.717) is 6.61 Å². The molecule has 0 saturated heterocycles. The highest BCUT2D eigenvalue weighted by Crippen LogP contribution is 2.44. The number of benzene rings is 2. The van der Waals surface area contributed by atoms with Gasteiger partial charge < -0.3 is 4.74 Å². The fraction of sp³-hybridized carbons (Fsp3) is 0.217. The highest BCUT2D eigenvalue weighted by Gasteiger charge is 2.31. The van der Waals surface area contributed by atoms with Crippen molar-refractivity contribution in [1.29, 1.82) is 0 Å². The lowest BCUT2D eigenvalue weighted by Gasteiger charge is -2.15. The molecular formula is C23H20Cl2O. The van der Waals surface area contributed by atoms with Crippen LogP contribution < -0.4 is 0 Å². The third kappa shape index (κ3) is 3.53. The number of halogens is 2. The first kappa shape index (κ1) is 17.6. The summed E-state index contributed by atoms with van der Waals surface area (Å²) in [6.45, 7) is 5.03. The van der Waals surface area contributed by atoms with Gasteiger partial charge in [0, 0.05) is 10.0 Å². The van der Waals surface area contributed by atoms with Gasteiger partial charge in [0.05, 0.1) is 6.61 Å². The van der Waals surface area contributed by atoms with Crippen molar-refractivity contribution in [3.63, 3.8) is 0 Å². The molecule has 2 aromatic carbocycles. The Labute approximate surface area is 164 Å². The molecule has 1 aliphatic carbocycles. The van der Waals surface area contributed by atoms with Crippen LogP contribution in [-0.4, -0.2) is 6.61 Å². The van der Waals surface area contributed by atoms with E-state index in [0.717, 1.165) is 46.0 Å². The van der Waals surface area contributed by atoms with Crippen molar-refractivity contribution in [2.45, 2.75) is 25.4 Å². The predicted molar refractivity (Wildman–Crippen MR) is 110 cm³/mol. The molecule has 0 N–H and O–H groups in total. The molecule has 0 fully saturated rings. The predicted octanol–water partition coefficient (Wildman–Crippen LogP) is 7.19. The fourth-order valence-corrected chi connectivity index (χ4v) is 4.00. The van der Waals surface area contributed by atoms with Crippen LogP contribution in [-0.2, 0) is 4.74 Å². The van der Waals surface area contributed by atoms with E-state index in [1.807, 2.05) is 36.4 Å². The second-order valence-corrected chi connectivity index (χ2v) is 7.67. The number of hydrogen-bond acceptors (Lipinski definition) is 1. The van der Waals surface area contributed by atoms with Gasteiger partial charge >= 0.3 is 0 Å². The maximum atomic E-state index is 6.14. The zero-order valence-electron chi connectivity index (χ0n) is 14.5. The Kier molecular flexibility index (Phi) is 5.04. The normalized spacial score (nSPS) is 21.8. The fourth-order valence-electron chi connectivity index (χ4n) is 3.75. The molecule has 0 bridgehead atoms. The van der Waals surface area contributed by atoms with Crippen molar-refractivity contribution in [3.05, 3.63) is 98.6 Å². The highest BCUT2D eigenvalue weighted by atomic mass is 35.5. The molecule has 0 aromatic heterocycles. The van der Waals surface area contributed by atoms with Crippen molar-refractivity contribution in [2.24, 2.45) is 0 Å². The van der Waals surface area contributed by atoms with Crippen LogP contribution in [0.3, 0.4) is 0 Å². The van der Waals surface area contributed by atoms with Crippen LogP contribution in [0.1, 0.15) is 36.5 Å². The van der Waals surface area contributed by atoms with Crippen LogP contribution in [0.4, 0.5) is 0 Å². The number of ether oxygens (including phenoxy) is 1. The molecule has 26 heavy (non-hydrogen) atoms. The van der Waals surface area contributed by atoms with Gasteiger partial charge in [-0.2, -0.15) is 0 Å². The molecule has 2 aliphatic rings. The summed E-state index contributed by atoms with van der Waals surface area (Å²) in [5, 5.41) is 1.51. The van der Waals surface area contributed by atoms with Gasteiger partial charge in [0.1, 0.15) is 6.10 Å². The van der Waals surface area contributed by atoms with Gasteiger partial charge in [-0.25, -0.2) is 0 Å². The molecule has 0 saturated carbocycles. The van der Waals surface area contributed by atoms with E-state index in [1.165, 1.54) is 16.7 Å². The standard InChI is InChI=1S/C23H20Cl2O/c1-15-18(13-16-5-9-19(24)10-6-16)3-2-4-21-22(15)14-26-23(21)17-7-11-20(25)12-8-17/h5-13,23H,1-4,14H2/b18-13+. The lowest BCUT2D eigenvalue weighted by Crippen LogP contribution is -2.01. The SMILES string of the molecule is C=C1C2=C(CCC/C1=C\c1ccc(Cl)cc1)C(c1ccc(Cl)cc1)OC2. The first-order chi connectivity index (χ1) is 12.6. The Balaban J connectivity index is 1.65. The molecule has 0 spiro atoms. The first-order valence-corrected chi connectivity index (χ1v) is 9.62. The summed E-state index contributed by atoms with van der Waals surface area (Å²) in [6.07, 6.45) is 5.42. The average Bonchev–Trinajstić information content (AvgIpc) is 3.00. The van der Waals surface area contributed by atoms with Crippen LogP contribution in [0.15, 0.2) is 77.4 Å². The largest absolute Gasteiger partial charge is 0.364 e. The number of rotatable bonds is 2. The summed E-state index contributed by atoms with van der Waals surface area (Å²) in [7, 11) is 0. The second kappa shape index (κ2) is 7.44. The molecule has 1 atom stereocenters. The third-order valence-electron chi connectivity index (χ3n) is 5.13. The first-order valence-electron chi connectivity index (χ1n) is 8.86. The van der Waals surface area contributed by atoms with Gasteiger partial charge in [0.25, 0.3) is 0 Å². The Morgan fingerprint density at radius 3 is 2.27 bits per heavy atom. The summed E-state index contributed by atoms with van der Waals surface area (Å²) in [5.74, 6) is 0.